The molecule has 148 valence electrons. The lowest BCUT2D eigenvalue weighted by Crippen LogP contribution is -2.58. The molecule has 1 saturated carbocycles. The molecule has 0 unspecified atom stereocenters. The summed E-state index contributed by atoms with van der Waals surface area (Å²) in [5, 5.41) is 0.418. The van der Waals surface area contributed by atoms with E-state index in [4.69, 9.17) is 11.6 Å². The second kappa shape index (κ2) is 6.85. The van der Waals surface area contributed by atoms with Crippen molar-refractivity contribution in [1.29, 1.82) is 0 Å². The number of aromatic nitrogens is 2. The summed E-state index contributed by atoms with van der Waals surface area (Å²) in [5.41, 5.74) is 2.56. The Morgan fingerprint density at radius 1 is 1.29 bits per heavy atom. The monoisotopic (exact) mass is 402 g/mol. The van der Waals surface area contributed by atoms with Gasteiger partial charge >= 0.3 is 0 Å². The van der Waals surface area contributed by atoms with E-state index in [1.54, 1.807) is 18.5 Å². The van der Waals surface area contributed by atoms with Gasteiger partial charge in [-0.2, -0.15) is 0 Å². The molecule has 1 aromatic heterocycles. The molecular formula is C21H24ClFN4O. The van der Waals surface area contributed by atoms with Crippen LogP contribution >= 0.6 is 11.6 Å². The minimum Gasteiger partial charge on any atom is -0.348 e. The van der Waals surface area contributed by atoms with Crippen LogP contribution in [0.4, 0.5) is 4.39 Å². The summed E-state index contributed by atoms with van der Waals surface area (Å²) in [6.45, 7) is 2.94. The Balaban J connectivity index is 1.37. The van der Waals surface area contributed by atoms with E-state index in [0.717, 1.165) is 63.1 Å². The fourth-order valence-electron chi connectivity index (χ4n) is 4.83. The van der Waals surface area contributed by atoms with Crippen LogP contribution in [0.3, 0.4) is 0 Å². The number of H-pyrrole nitrogens is 1. The van der Waals surface area contributed by atoms with E-state index in [1.807, 2.05) is 0 Å². The lowest BCUT2D eigenvalue weighted by atomic mass is 9.78. The average molecular weight is 403 g/mol. The van der Waals surface area contributed by atoms with Crippen molar-refractivity contribution < 1.29 is 9.18 Å². The molecule has 1 aliphatic carbocycles. The van der Waals surface area contributed by atoms with Crippen LogP contribution in [0, 0.1) is 11.7 Å². The van der Waals surface area contributed by atoms with Gasteiger partial charge in [0.2, 0.25) is 5.91 Å². The number of aromatic amines is 1. The Bertz CT molecular complexity index is 902. The molecule has 5 rings (SSSR count). The highest BCUT2D eigenvalue weighted by Crippen LogP contribution is 2.45. The van der Waals surface area contributed by atoms with E-state index in [0.29, 0.717) is 23.0 Å². The predicted molar refractivity (Wildman–Crippen MR) is 104 cm³/mol. The number of piperidine rings is 1. The van der Waals surface area contributed by atoms with Gasteiger partial charge in [0.25, 0.3) is 0 Å². The van der Waals surface area contributed by atoms with Crippen molar-refractivity contribution in [1.82, 2.24) is 19.8 Å². The summed E-state index contributed by atoms with van der Waals surface area (Å²) in [6, 6.07) is 4.87. The molecule has 1 N–H and O–H groups in total. The molecule has 0 bridgehead atoms. The Hall–Kier alpha value is -1.92. The number of fused-ring (bicyclic) bond motifs is 2. The Morgan fingerprint density at radius 2 is 2.07 bits per heavy atom. The van der Waals surface area contributed by atoms with Crippen LogP contribution in [0.2, 0.25) is 5.02 Å². The van der Waals surface area contributed by atoms with Crippen molar-refractivity contribution in [2.75, 3.05) is 19.6 Å². The number of amides is 1. The molecule has 3 heterocycles. The standard InChI is InChI=1S/C21H24ClFN4O/c22-16-4-3-15(17(23)11-16)12-26-9-6-21(7-10-26)19-18(24-13-25-19)5-8-27(21)20(28)14-1-2-14/h3-4,11,13-14H,1-2,5-10,12H2,(H,24,25). The third kappa shape index (κ3) is 3.03. The molecule has 2 fully saturated rings. The molecule has 28 heavy (non-hydrogen) atoms. The van der Waals surface area contributed by atoms with E-state index < -0.39 is 0 Å². The zero-order chi connectivity index (χ0) is 19.3. The van der Waals surface area contributed by atoms with Gasteiger partial charge in [-0.05, 0) is 37.8 Å². The third-order valence-corrected chi connectivity index (χ3v) is 6.78. The lowest BCUT2D eigenvalue weighted by Gasteiger charge is -2.50. The van der Waals surface area contributed by atoms with Crippen molar-refractivity contribution in [3.8, 4) is 0 Å². The summed E-state index contributed by atoms with van der Waals surface area (Å²) in [7, 11) is 0. The van der Waals surface area contributed by atoms with Gasteiger partial charge in [0.15, 0.2) is 0 Å². The first-order valence-corrected chi connectivity index (χ1v) is 10.5. The van der Waals surface area contributed by atoms with Gasteiger partial charge in [-0.15, -0.1) is 0 Å². The van der Waals surface area contributed by atoms with Crippen LogP contribution in [0.25, 0.3) is 0 Å². The van der Waals surface area contributed by atoms with E-state index in [-0.39, 0.29) is 17.3 Å². The third-order valence-electron chi connectivity index (χ3n) is 6.55. The molecule has 0 atom stereocenters. The maximum absolute atomic E-state index is 14.2. The lowest BCUT2D eigenvalue weighted by molar-refractivity contribution is -0.143. The van der Waals surface area contributed by atoms with Gasteiger partial charge in [0.05, 0.1) is 17.6 Å². The topological polar surface area (TPSA) is 52.2 Å². The first-order chi connectivity index (χ1) is 13.6. The zero-order valence-electron chi connectivity index (χ0n) is 15.8. The number of carbonyl (C=O) groups is 1. The fourth-order valence-corrected chi connectivity index (χ4v) is 4.99. The second-order valence-electron chi connectivity index (χ2n) is 8.29. The summed E-state index contributed by atoms with van der Waals surface area (Å²) >= 11 is 5.87. The molecule has 7 heteroatoms. The zero-order valence-corrected chi connectivity index (χ0v) is 16.5. The first kappa shape index (κ1) is 18.1. The quantitative estimate of drug-likeness (QED) is 0.855. The van der Waals surface area contributed by atoms with Crippen molar-refractivity contribution in [3.63, 3.8) is 0 Å². The number of rotatable bonds is 3. The predicted octanol–water partition coefficient (Wildman–Crippen LogP) is 3.49. The van der Waals surface area contributed by atoms with Gasteiger partial charge in [-0.1, -0.05) is 17.7 Å². The number of imidazole rings is 1. The SMILES string of the molecule is O=C(C1CC1)N1CCc2[nH]cnc2C12CCN(Cc1ccc(Cl)cc1F)CC2. The molecule has 0 radical (unpaired) electrons. The highest BCUT2D eigenvalue weighted by Gasteiger charge is 2.50. The molecule has 1 aromatic carbocycles. The number of halogens is 2. The van der Waals surface area contributed by atoms with Crippen LogP contribution < -0.4 is 0 Å². The molecule has 2 aliphatic heterocycles. The first-order valence-electron chi connectivity index (χ1n) is 10.1. The minimum atomic E-state index is -0.317. The van der Waals surface area contributed by atoms with Crippen molar-refractivity contribution in [2.24, 2.45) is 5.92 Å². The minimum absolute atomic E-state index is 0.207. The van der Waals surface area contributed by atoms with Gasteiger partial charge in [-0.3, -0.25) is 9.69 Å². The van der Waals surface area contributed by atoms with Crippen molar-refractivity contribution in [2.45, 2.75) is 44.2 Å². The van der Waals surface area contributed by atoms with Gasteiger partial charge < -0.3 is 9.88 Å². The number of likely N-dealkylation sites (tertiary alicyclic amines) is 1. The number of benzene rings is 1. The molecule has 1 saturated heterocycles. The normalized spacial score (nSPS) is 21.7. The van der Waals surface area contributed by atoms with Gasteiger partial charge in [0, 0.05) is 54.8 Å². The van der Waals surface area contributed by atoms with Crippen LogP contribution in [-0.2, 0) is 23.3 Å². The molecule has 1 amide bonds. The Morgan fingerprint density at radius 3 is 2.79 bits per heavy atom. The maximum atomic E-state index is 14.2. The second-order valence-corrected chi connectivity index (χ2v) is 8.72. The summed E-state index contributed by atoms with van der Waals surface area (Å²) in [6.07, 6.45) is 6.29. The van der Waals surface area contributed by atoms with Gasteiger partial charge in [-0.25, -0.2) is 9.37 Å². The van der Waals surface area contributed by atoms with Crippen molar-refractivity contribution >= 4 is 17.5 Å². The largest absolute Gasteiger partial charge is 0.348 e. The highest BCUT2D eigenvalue weighted by molar-refractivity contribution is 6.30. The van der Waals surface area contributed by atoms with Crippen LogP contribution in [0.1, 0.15) is 42.6 Å². The maximum Gasteiger partial charge on any atom is 0.226 e. The molecule has 5 nitrogen and oxygen atoms in total. The van der Waals surface area contributed by atoms with E-state index in [1.165, 1.54) is 6.07 Å². The van der Waals surface area contributed by atoms with Crippen LogP contribution in [0.5, 0.6) is 0 Å². The number of hydrogen-bond acceptors (Lipinski definition) is 3. The highest BCUT2D eigenvalue weighted by atomic mass is 35.5. The molecule has 3 aliphatic rings. The van der Waals surface area contributed by atoms with Crippen molar-refractivity contribution in [3.05, 3.63) is 52.3 Å². The van der Waals surface area contributed by atoms with Gasteiger partial charge in [0.1, 0.15) is 5.82 Å². The number of carbonyl (C=O) groups excluding carboxylic acids is 1. The molecule has 1 spiro atoms. The van der Waals surface area contributed by atoms with E-state index >= 15 is 0 Å². The molecule has 2 aromatic rings. The number of nitrogens with zero attached hydrogens (tertiary/aromatic N) is 3. The molecular weight excluding hydrogens is 379 g/mol. The number of hydrogen-bond donors (Lipinski definition) is 1. The Labute approximate surface area is 168 Å². The van der Waals surface area contributed by atoms with Crippen LogP contribution in [0.15, 0.2) is 24.5 Å². The number of nitrogens with one attached hydrogen (secondary N) is 1. The smallest absolute Gasteiger partial charge is 0.226 e. The van der Waals surface area contributed by atoms with E-state index in [9.17, 15) is 9.18 Å². The van der Waals surface area contributed by atoms with Crippen LogP contribution in [-0.4, -0.2) is 45.3 Å². The Kier molecular flexibility index (Phi) is 4.43. The average Bonchev–Trinajstić information content (AvgIpc) is 3.43. The fraction of sp³-hybridized carbons (Fsp3) is 0.524. The summed E-state index contributed by atoms with van der Waals surface area (Å²) < 4.78 is 14.2. The summed E-state index contributed by atoms with van der Waals surface area (Å²) in [4.78, 5) is 25.3. The summed E-state index contributed by atoms with van der Waals surface area (Å²) in [5.74, 6) is 0.245. The van der Waals surface area contributed by atoms with E-state index in [2.05, 4.69) is 19.8 Å².